The van der Waals surface area contributed by atoms with E-state index >= 15 is 0 Å². The van der Waals surface area contributed by atoms with Crippen molar-refractivity contribution in [3.63, 3.8) is 0 Å². The van der Waals surface area contributed by atoms with E-state index in [-0.39, 0.29) is 11.5 Å². The molecular weight excluding hydrogens is 498 g/mol. The van der Waals surface area contributed by atoms with Gasteiger partial charge in [0.05, 0.1) is 35.6 Å². The quantitative estimate of drug-likeness (QED) is 0.391. The zero-order valence-electron chi connectivity index (χ0n) is 21.3. The van der Waals surface area contributed by atoms with Crippen LogP contribution in [-0.4, -0.2) is 24.2 Å². The second-order valence-electron chi connectivity index (χ2n) is 8.68. The Hall–Kier alpha value is -4.43. The highest BCUT2D eigenvalue weighted by Gasteiger charge is 2.32. The van der Waals surface area contributed by atoms with Gasteiger partial charge < -0.3 is 14.8 Å². The summed E-state index contributed by atoms with van der Waals surface area (Å²) in [5, 5.41) is 2.97. The van der Waals surface area contributed by atoms with E-state index in [9.17, 15) is 9.59 Å². The third-order valence-corrected chi connectivity index (χ3v) is 7.20. The highest BCUT2D eigenvalue weighted by atomic mass is 32.1. The number of aromatic nitrogens is 1. The number of benzene rings is 3. The molecule has 2 heterocycles. The Morgan fingerprint density at radius 3 is 2.37 bits per heavy atom. The van der Waals surface area contributed by atoms with Crippen LogP contribution in [0.4, 0.5) is 5.69 Å². The summed E-state index contributed by atoms with van der Waals surface area (Å²) in [6.07, 6.45) is 1.83. The number of allylic oxidation sites excluding steroid dienone is 1. The Labute approximate surface area is 224 Å². The van der Waals surface area contributed by atoms with Gasteiger partial charge in [0.2, 0.25) is 0 Å². The maximum Gasteiger partial charge on any atom is 0.271 e. The van der Waals surface area contributed by atoms with Crippen molar-refractivity contribution >= 4 is 29.0 Å². The van der Waals surface area contributed by atoms with Crippen molar-refractivity contribution in [2.75, 3.05) is 19.0 Å². The minimum Gasteiger partial charge on any atom is -0.497 e. The fraction of sp³-hybridized carbons (Fsp3) is 0.167. The number of nitrogens with zero attached hydrogens (tertiary/aromatic N) is 2. The first-order chi connectivity index (χ1) is 18.5. The Kier molecular flexibility index (Phi) is 7.24. The van der Waals surface area contributed by atoms with Crippen LogP contribution < -0.4 is 29.7 Å². The molecule has 3 aromatic carbocycles. The number of carbonyl (C=O) groups excluding carboxylic acids is 1. The van der Waals surface area contributed by atoms with Gasteiger partial charge in [-0.3, -0.25) is 14.2 Å². The van der Waals surface area contributed by atoms with E-state index in [1.807, 2.05) is 98.8 Å². The Morgan fingerprint density at radius 2 is 1.71 bits per heavy atom. The van der Waals surface area contributed by atoms with E-state index in [2.05, 4.69) is 5.32 Å². The fourth-order valence-corrected chi connectivity index (χ4v) is 5.46. The Bertz CT molecular complexity index is 1670. The van der Waals surface area contributed by atoms with Crippen LogP contribution in [0, 0.1) is 0 Å². The van der Waals surface area contributed by atoms with Gasteiger partial charge in [-0.25, -0.2) is 4.99 Å². The SMILES string of the molecule is CCOc1ccc([C@@H]2C(C(=O)Nc3ccccc3)=C(C)N=c3s/c(=C\c4ccc(OC)cc4)c(=O)n32)cc1. The first-order valence-corrected chi connectivity index (χ1v) is 13.1. The van der Waals surface area contributed by atoms with Crippen LogP contribution in [0.3, 0.4) is 0 Å². The van der Waals surface area contributed by atoms with Crippen LogP contribution in [0.1, 0.15) is 31.0 Å². The van der Waals surface area contributed by atoms with Crippen LogP contribution >= 0.6 is 11.3 Å². The van der Waals surface area contributed by atoms with Crippen LogP contribution in [-0.2, 0) is 4.79 Å². The summed E-state index contributed by atoms with van der Waals surface area (Å²) >= 11 is 1.30. The van der Waals surface area contributed by atoms with Crippen LogP contribution in [0.2, 0.25) is 0 Å². The lowest BCUT2D eigenvalue weighted by atomic mass is 9.95. The highest BCUT2D eigenvalue weighted by Crippen LogP contribution is 2.31. The molecule has 5 rings (SSSR count). The largest absolute Gasteiger partial charge is 0.497 e. The van der Waals surface area contributed by atoms with Crippen molar-refractivity contribution in [1.29, 1.82) is 0 Å². The first kappa shape index (κ1) is 25.2. The lowest BCUT2D eigenvalue weighted by Gasteiger charge is -2.25. The number of hydrogen-bond donors (Lipinski definition) is 1. The van der Waals surface area contributed by atoms with Gasteiger partial charge in [-0.05, 0) is 67.4 Å². The number of hydrogen-bond acceptors (Lipinski definition) is 6. The maximum absolute atomic E-state index is 13.8. The van der Waals surface area contributed by atoms with E-state index in [0.717, 1.165) is 22.6 Å². The smallest absolute Gasteiger partial charge is 0.271 e. The van der Waals surface area contributed by atoms with Crippen molar-refractivity contribution in [2.24, 2.45) is 4.99 Å². The molecule has 192 valence electrons. The molecule has 1 atom stereocenters. The molecule has 7 nitrogen and oxygen atoms in total. The number of fused-ring (bicyclic) bond motifs is 1. The molecule has 4 aromatic rings. The average molecular weight is 526 g/mol. The van der Waals surface area contributed by atoms with Gasteiger partial charge in [0.1, 0.15) is 11.5 Å². The molecule has 0 fully saturated rings. The number of ether oxygens (including phenoxy) is 2. The summed E-state index contributed by atoms with van der Waals surface area (Å²) < 4.78 is 13.0. The molecule has 0 aliphatic carbocycles. The molecule has 1 N–H and O–H groups in total. The molecule has 8 heteroatoms. The molecule has 1 aromatic heterocycles. The fourth-order valence-electron chi connectivity index (χ4n) is 4.41. The lowest BCUT2D eigenvalue weighted by molar-refractivity contribution is -0.113. The van der Waals surface area contributed by atoms with Gasteiger partial charge in [-0.1, -0.05) is 53.8 Å². The van der Waals surface area contributed by atoms with Crippen molar-refractivity contribution < 1.29 is 14.3 Å². The summed E-state index contributed by atoms with van der Waals surface area (Å²) in [6, 6.07) is 23.6. The maximum atomic E-state index is 13.8. The molecule has 1 aliphatic heterocycles. The summed E-state index contributed by atoms with van der Waals surface area (Å²) in [7, 11) is 1.61. The van der Waals surface area contributed by atoms with Gasteiger partial charge >= 0.3 is 0 Å². The molecule has 0 radical (unpaired) electrons. The predicted octanol–water partition coefficient (Wildman–Crippen LogP) is 4.28. The second kappa shape index (κ2) is 10.9. The molecule has 0 spiro atoms. The number of rotatable bonds is 7. The van der Waals surface area contributed by atoms with E-state index < -0.39 is 6.04 Å². The predicted molar refractivity (Wildman–Crippen MR) is 149 cm³/mol. The number of carbonyl (C=O) groups is 1. The Morgan fingerprint density at radius 1 is 1.03 bits per heavy atom. The van der Waals surface area contributed by atoms with Gasteiger partial charge in [-0.2, -0.15) is 0 Å². The van der Waals surface area contributed by atoms with E-state index in [4.69, 9.17) is 14.5 Å². The average Bonchev–Trinajstić information content (AvgIpc) is 3.23. The number of thiazole rings is 1. The number of methoxy groups -OCH3 is 1. The van der Waals surface area contributed by atoms with E-state index in [0.29, 0.717) is 32.9 Å². The monoisotopic (exact) mass is 525 g/mol. The van der Waals surface area contributed by atoms with Crippen LogP contribution in [0.25, 0.3) is 6.08 Å². The molecule has 0 saturated carbocycles. The van der Waals surface area contributed by atoms with Gasteiger partial charge in [0, 0.05) is 5.69 Å². The lowest BCUT2D eigenvalue weighted by Crippen LogP contribution is -2.40. The molecule has 0 bridgehead atoms. The topological polar surface area (TPSA) is 81.9 Å². The molecule has 1 aliphatic rings. The highest BCUT2D eigenvalue weighted by molar-refractivity contribution is 7.07. The number of para-hydroxylation sites is 1. The van der Waals surface area contributed by atoms with Crippen molar-refractivity contribution in [3.05, 3.63) is 121 Å². The standard InChI is InChI=1S/C30H27N3O4S/c1-4-37-24-16-12-21(13-17-24)27-26(28(34)32-22-8-6-5-7-9-22)19(2)31-30-33(27)29(35)25(38-30)18-20-10-14-23(36-3)15-11-20/h5-18,27H,4H2,1-3H3,(H,32,34)/b25-18-/t27-/m1/s1. The molecule has 38 heavy (non-hydrogen) atoms. The molecule has 0 unspecified atom stereocenters. The second-order valence-corrected chi connectivity index (χ2v) is 9.69. The van der Waals surface area contributed by atoms with Crippen molar-refractivity contribution in [1.82, 2.24) is 4.57 Å². The van der Waals surface area contributed by atoms with Gasteiger partial charge in [0.25, 0.3) is 11.5 Å². The first-order valence-electron chi connectivity index (χ1n) is 12.2. The molecule has 1 amide bonds. The number of nitrogens with one attached hydrogen (secondary N) is 1. The summed E-state index contributed by atoms with van der Waals surface area (Å²) in [6.45, 7) is 4.28. The van der Waals surface area contributed by atoms with Crippen LogP contribution in [0.5, 0.6) is 11.5 Å². The summed E-state index contributed by atoms with van der Waals surface area (Å²) in [5.74, 6) is 1.16. The summed E-state index contributed by atoms with van der Waals surface area (Å²) in [4.78, 5) is 32.7. The van der Waals surface area contributed by atoms with Gasteiger partial charge in [0.15, 0.2) is 4.80 Å². The zero-order valence-corrected chi connectivity index (χ0v) is 22.1. The third kappa shape index (κ3) is 5.03. The van der Waals surface area contributed by atoms with Gasteiger partial charge in [-0.15, -0.1) is 0 Å². The summed E-state index contributed by atoms with van der Waals surface area (Å²) in [5.41, 5.74) is 3.10. The third-order valence-electron chi connectivity index (χ3n) is 6.22. The molecule has 0 saturated heterocycles. The van der Waals surface area contributed by atoms with Crippen LogP contribution in [0.15, 0.2) is 99.9 Å². The number of anilines is 1. The van der Waals surface area contributed by atoms with E-state index in [1.54, 1.807) is 11.7 Å². The minimum atomic E-state index is -0.649. The zero-order chi connectivity index (χ0) is 26.6. The van der Waals surface area contributed by atoms with E-state index in [1.165, 1.54) is 11.3 Å². The number of amides is 1. The van der Waals surface area contributed by atoms with Crippen molar-refractivity contribution in [3.8, 4) is 11.5 Å². The minimum absolute atomic E-state index is 0.207. The molecular formula is C30H27N3O4S. The normalized spacial score (nSPS) is 15.0. The Balaban J connectivity index is 1.64. The van der Waals surface area contributed by atoms with Crippen molar-refractivity contribution in [2.45, 2.75) is 19.9 Å².